The van der Waals surface area contributed by atoms with E-state index in [4.69, 9.17) is 0 Å². The van der Waals surface area contributed by atoms with Crippen LogP contribution in [0.1, 0.15) is 40.0 Å². The summed E-state index contributed by atoms with van der Waals surface area (Å²) in [6.07, 6.45) is 2.99. The summed E-state index contributed by atoms with van der Waals surface area (Å²) in [5.74, 6) is -0.535. The smallest absolute Gasteiger partial charge is 0.243 e. The predicted octanol–water partition coefficient (Wildman–Crippen LogP) is 2.62. The summed E-state index contributed by atoms with van der Waals surface area (Å²) in [5.41, 5.74) is 1.19. The molecule has 0 heterocycles. The van der Waals surface area contributed by atoms with Crippen LogP contribution in [0.15, 0.2) is 24.3 Å². The Kier molecular flexibility index (Phi) is 7.80. The van der Waals surface area contributed by atoms with Gasteiger partial charge >= 0.3 is 0 Å². The van der Waals surface area contributed by atoms with Crippen LogP contribution >= 0.6 is 0 Å². The molecule has 1 aromatic carbocycles. The number of nitrogens with zero attached hydrogens (tertiary/aromatic N) is 1. The second-order valence-electron chi connectivity index (χ2n) is 5.46. The van der Waals surface area contributed by atoms with E-state index < -0.39 is 0 Å². The van der Waals surface area contributed by atoms with Gasteiger partial charge in [0.15, 0.2) is 0 Å². The molecule has 0 aliphatic heterocycles. The number of carbonyl (C=O) groups is 3. The highest BCUT2D eigenvalue weighted by atomic mass is 16.2. The second-order valence-corrected chi connectivity index (χ2v) is 5.46. The highest BCUT2D eigenvalue weighted by Crippen LogP contribution is 2.15. The van der Waals surface area contributed by atoms with E-state index in [0.717, 1.165) is 19.3 Å². The quantitative estimate of drug-likeness (QED) is 0.723. The molecule has 0 aliphatic carbocycles. The Morgan fingerprint density at radius 2 is 1.70 bits per heavy atom. The summed E-state index contributed by atoms with van der Waals surface area (Å²) in [5, 5.41) is 5.40. The normalized spacial score (nSPS) is 10.0. The molecule has 0 saturated carbocycles. The number of anilines is 2. The Hall–Kier alpha value is -2.37. The monoisotopic (exact) mass is 319 g/mol. The molecule has 1 aromatic rings. The van der Waals surface area contributed by atoms with Gasteiger partial charge in [0.2, 0.25) is 17.7 Å². The zero-order valence-electron chi connectivity index (χ0n) is 14.0. The summed E-state index contributed by atoms with van der Waals surface area (Å²) in [7, 11) is 0. The van der Waals surface area contributed by atoms with Crippen molar-refractivity contribution in [2.75, 3.05) is 23.7 Å². The molecular formula is C17H25N3O3. The third-order valence-corrected chi connectivity index (χ3v) is 3.28. The van der Waals surface area contributed by atoms with Gasteiger partial charge in [0, 0.05) is 31.8 Å². The highest BCUT2D eigenvalue weighted by molar-refractivity contribution is 5.95. The maximum Gasteiger partial charge on any atom is 0.243 e. The van der Waals surface area contributed by atoms with Crippen molar-refractivity contribution < 1.29 is 14.4 Å². The summed E-state index contributed by atoms with van der Waals surface area (Å²) in [6, 6.07) is 6.89. The number of amides is 3. The molecule has 0 bridgehead atoms. The second kappa shape index (κ2) is 9.61. The molecule has 6 nitrogen and oxygen atoms in total. The molecule has 0 unspecified atom stereocenters. The molecule has 0 aromatic heterocycles. The molecule has 6 heteroatoms. The fourth-order valence-electron chi connectivity index (χ4n) is 2.15. The van der Waals surface area contributed by atoms with E-state index in [1.165, 1.54) is 13.8 Å². The molecule has 0 atom stereocenters. The number of hydrogen-bond acceptors (Lipinski definition) is 3. The van der Waals surface area contributed by atoms with Crippen LogP contribution in [0.4, 0.5) is 11.4 Å². The molecular weight excluding hydrogens is 294 g/mol. The average Bonchev–Trinajstić information content (AvgIpc) is 2.45. The molecule has 0 aliphatic rings. The lowest BCUT2D eigenvalue weighted by molar-refractivity contribution is -0.132. The van der Waals surface area contributed by atoms with Crippen LogP contribution in [-0.4, -0.2) is 35.7 Å². The van der Waals surface area contributed by atoms with Crippen molar-refractivity contribution in [1.82, 2.24) is 4.90 Å². The van der Waals surface area contributed by atoms with E-state index in [0.29, 0.717) is 17.9 Å². The van der Waals surface area contributed by atoms with Crippen LogP contribution in [0, 0.1) is 0 Å². The van der Waals surface area contributed by atoms with Crippen molar-refractivity contribution in [3.05, 3.63) is 24.3 Å². The average molecular weight is 319 g/mol. The molecule has 0 radical (unpaired) electrons. The zero-order chi connectivity index (χ0) is 17.2. The topological polar surface area (TPSA) is 78.5 Å². The Labute approximate surface area is 137 Å². The van der Waals surface area contributed by atoms with E-state index in [-0.39, 0.29) is 24.3 Å². The molecule has 126 valence electrons. The van der Waals surface area contributed by atoms with Crippen molar-refractivity contribution in [3.8, 4) is 0 Å². The maximum atomic E-state index is 12.1. The van der Waals surface area contributed by atoms with Crippen molar-refractivity contribution in [2.45, 2.75) is 40.0 Å². The lowest BCUT2D eigenvalue weighted by atomic mass is 10.2. The third-order valence-electron chi connectivity index (χ3n) is 3.28. The van der Waals surface area contributed by atoms with Gasteiger partial charge in [0.25, 0.3) is 0 Å². The van der Waals surface area contributed by atoms with Gasteiger partial charge in [0.05, 0.1) is 6.54 Å². The Balaban J connectivity index is 2.60. The van der Waals surface area contributed by atoms with Crippen LogP contribution in [0.5, 0.6) is 0 Å². The third kappa shape index (κ3) is 7.44. The molecule has 0 spiro atoms. The number of benzene rings is 1. The van der Waals surface area contributed by atoms with Crippen molar-refractivity contribution in [3.63, 3.8) is 0 Å². The molecule has 2 N–H and O–H groups in total. The number of carbonyl (C=O) groups excluding carboxylic acids is 3. The predicted molar refractivity (Wildman–Crippen MR) is 91.2 cm³/mol. The van der Waals surface area contributed by atoms with Gasteiger partial charge in [-0.3, -0.25) is 14.4 Å². The fraction of sp³-hybridized carbons (Fsp3) is 0.471. The van der Waals surface area contributed by atoms with Gasteiger partial charge in [-0.2, -0.15) is 0 Å². The van der Waals surface area contributed by atoms with Gasteiger partial charge < -0.3 is 15.5 Å². The number of hydrogen-bond donors (Lipinski definition) is 2. The lowest BCUT2D eigenvalue weighted by Crippen LogP contribution is -2.37. The molecule has 23 heavy (non-hydrogen) atoms. The zero-order valence-corrected chi connectivity index (χ0v) is 14.0. The summed E-state index contributed by atoms with van der Waals surface area (Å²) in [4.78, 5) is 36.3. The first-order valence-electron chi connectivity index (χ1n) is 7.85. The minimum absolute atomic E-state index is 0.0312. The first-order valence-corrected chi connectivity index (χ1v) is 7.85. The van der Waals surface area contributed by atoms with Gasteiger partial charge in [-0.15, -0.1) is 0 Å². The van der Waals surface area contributed by atoms with Gasteiger partial charge in [-0.05, 0) is 24.6 Å². The van der Waals surface area contributed by atoms with Crippen LogP contribution in [0.2, 0.25) is 0 Å². The van der Waals surface area contributed by atoms with Crippen LogP contribution < -0.4 is 10.6 Å². The first kappa shape index (κ1) is 18.7. The van der Waals surface area contributed by atoms with Gasteiger partial charge in [-0.25, -0.2) is 0 Å². The Bertz CT molecular complexity index is 558. The highest BCUT2D eigenvalue weighted by Gasteiger charge is 2.13. The number of unbranched alkanes of at least 4 members (excludes halogenated alkanes) is 2. The van der Waals surface area contributed by atoms with Crippen molar-refractivity contribution in [2.24, 2.45) is 0 Å². The standard InChI is InChI=1S/C17H25N3O3/c1-4-5-6-10-20(14(3)22)12-17(23)19-16-9-7-8-15(11-16)18-13(2)21/h7-9,11H,4-6,10,12H2,1-3H3,(H,18,21)(H,19,23). The SMILES string of the molecule is CCCCCN(CC(=O)Nc1cccc(NC(C)=O)c1)C(C)=O. The minimum atomic E-state index is -0.253. The number of nitrogens with one attached hydrogen (secondary N) is 2. The summed E-state index contributed by atoms with van der Waals surface area (Å²) >= 11 is 0. The Morgan fingerprint density at radius 3 is 2.26 bits per heavy atom. The molecule has 0 fully saturated rings. The Morgan fingerprint density at radius 1 is 1.04 bits per heavy atom. The van der Waals surface area contributed by atoms with Crippen molar-refractivity contribution in [1.29, 1.82) is 0 Å². The fourth-order valence-corrected chi connectivity index (χ4v) is 2.15. The first-order chi connectivity index (χ1) is 10.9. The van der Waals surface area contributed by atoms with Crippen LogP contribution in [0.25, 0.3) is 0 Å². The van der Waals surface area contributed by atoms with Crippen molar-refractivity contribution >= 4 is 29.1 Å². The molecule has 0 saturated heterocycles. The van der Waals surface area contributed by atoms with Gasteiger partial charge in [0.1, 0.15) is 0 Å². The van der Waals surface area contributed by atoms with E-state index in [9.17, 15) is 14.4 Å². The van der Waals surface area contributed by atoms with E-state index in [2.05, 4.69) is 17.6 Å². The van der Waals surface area contributed by atoms with Crippen LogP contribution in [0.3, 0.4) is 0 Å². The summed E-state index contributed by atoms with van der Waals surface area (Å²) in [6.45, 7) is 5.60. The van der Waals surface area contributed by atoms with Gasteiger partial charge in [-0.1, -0.05) is 25.8 Å². The van der Waals surface area contributed by atoms with E-state index in [1.54, 1.807) is 29.2 Å². The van der Waals surface area contributed by atoms with E-state index >= 15 is 0 Å². The minimum Gasteiger partial charge on any atom is -0.334 e. The largest absolute Gasteiger partial charge is 0.334 e. The number of rotatable bonds is 8. The van der Waals surface area contributed by atoms with Crippen LogP contribution in [-0.2, 0) is 14.4 Å². The maximum absolute atomic E-state index is 12.1. The van der Waals surface area contributed by atoms with E-state index in [1.807, 2.05) is 0 Å². The lowest BCUT2D eigenvalue weighted by Gasteiger charge is -2.20. The molecule has 1 rings (SSSR count). The molecule has 3 amide bonds. The summed E-state index contributed by atoms with van der Waals surface area (Å²) < 4.78 is 0.